The molecule has 0 heterocycles. The van der Waals surface area contributed by atoms with Gasteiger partial charge in [-0.3, -0.25) is 9.59 Å². The Labute approximate surface area is 155 Å². The van der Waals surface area contributed by atoms with Gasteiger partial charge in [0.15, 0.2) is 18.2 Å². The van der Waals surface area contributed by atoms with E-state index in [1.54, 1.807) is 25.1 Å². The number of esters is 1. The number of rotatable bonds is 7. The van der Waals surface area contributed by atoms with Crippen LogP contribution in [0.4, 0.5) is 10.1 Å². The van der Waals surface area contributed by atoms with Gasteiger partial charge in [-0.15, -0.1) is 0 Å². The standard InChI is InChI=1S/C19H19FN2O5/c1-3-21-18(24)12-5-4-6-14(9-12)22-17(23)11-27-19(25)13-7-8-16(26-2)15(20)10-13/h4-10H,3,11H2,1-2H3,(H,21,24)(H,22,23). The fourth-order valence-corrected chi connectivity index (χ4v) is 2.21. The summed E-state index contributed by atoms with van der Waals surface area (Å²) in [5.74, 6) is -2.41. The van der Waals surface area contributed by atoms with Gasteiger partial charge in [0.1, 0.15) is 0 Å². The third-order valence-electron chi connectivity index (χ3n) is 3.47. The fraction of sp³-hybridized carbons (Fsp3) is 0.211. The zero-order valence-corrected chi connectivity index (χ0v) is 14.9. The van der Waals surface area contributed by atoms with Crippen LogP contribution in [0.2, 0.25) is 0 Å². The summed E-state index contributed by atoms with van der Waals surface area (Å²) in [6, 6.07) is 9.92. The first-order valence-electron chi connectivity index (χ1n) is 8.13. The largest absolute Gasteiger partial charge is 0.494 e. The van der Waals surface area contributed by atoms with Gasteiger partial charge in [0, 0.05) is 17.8 Å². The van der Waals surface area contributed by atoms with Crippen LogP contribution in [0.3, 0.4) is 0 Å². The van der Waals surface area contributed by atoms with Crippen molar-refractivity contribution >= 4 is 23.5 Å². The number of carbonyl (C=O) groups excluding carboxylic acids is 3. The molecule has 2 aromatic rings. The summed E-state index contributed by atoms with van der Waals surface area (Å²) >= 11 is 0. The average molecular weight is 374 g/mol. The molecular weight excluding hydrogens is 355 g/mol. The molecular formula is C19H19FN2O5. The number of anilines is 1. The first-order valence-corrected chi connectivity index (χ1v) is 8.13. The summed E-state index contributed by atoms with van der Waals surface area (Å²) < 4.78 is 23.2. The first-order chi connectivity index (χ1) is 12.9. The van der Waals surface area contributed by atoms with Gasteiger partial charge in [0.2, 0.25) is 0 Å². The molecule has 142 valence electrons. The lowest BCUT2D eigenvalue weighted by molar-refractivity contribution is -0.119. The highest BCUT2D eigenvalue weighted by Crippen LogP contribution is 2.18. The summed E-state index contributed by atoms with van der Waals surface area (Å²) in [5.41, 5.74) is 0.731. The predicted octanol–water partition coefficient (Wildman–Crippen LogP) is 2.38. The number of nitrogens with one attached hydrogen (secondary N) is 2. The Bertz CT molecular complexity index is 854. The van der Waals surface area contributed by atoms with Crippen molar-refractivity contribution in [3.63, 3.8) is 0 Å². The summed E-state index contributed by atoms with van der Waals surface area (Å²) in [7, 11) is 1.31. The van der Waals surface area contributed by atoms with Crippen LogP contribution in [-0.2, 0) is 9.53 Å². The number of ether oxygens (including phenoxy) is 2. The number of halogens is 1. The lowest BCUT2D eigenvalue weighted by atomic mass is 10.2. The van der Waals surface area contributed by atoms with Crippen LogP contribution in [0.5, 0.6) is 5.75 Å². The predicted molar refractivity (Wildman–Crippen MR) is 96.3 cm³/mol. The molecule has 2 rings (SSSR count). The summed E-state index contributed by atoms with van der Waals surface area (Å²) in [4.78, 5) is 35.6. The molecule has 7 nitrogen and oxygen atoms in total. The van der Waals surface area contributed by atoms with E-state index in [9.17, 15) is 18.8 Å². The highest BCUT2D eigenvalue weighted by Gasteiger charge is 2.14. The van der Waals surface area contributed by atoms with Crippen molar-refractivity contribution in [3.05, 3.63) is 59.4 Å². The summed E-state index contributed by atoms with van der Waals surface area (Å²) in [6.07, 6.45) is 0. The Balaban J connectivity index is 1.92. The first kappa shape index (κ1) is 19.9. The minimum atomic E-state index is -0.845. The zero-order chi connectivity index (χ0) is 19.8. The molecule has 0 unspecified atom stereocenters. The van der Waals surface area contributed by atoms with Gasteiger partial charge >= 0.3 is 5.97 Å². The topological polar surface area (TPSA) is 93.7 Å². The van der Waals surface area contributed by atoms with Crippen molar-refractivity contribution in [2.24, 2.45) is 0 Å². The molecule has 2 aromatic carbocycles. The molecule has 0 fully saturated rings. The number of carbonyl (C=O) groups is 3. The van der Waals surface area contributed by atoms with Crippen LogP contribution >= 0.6 is 0 Å². The summed E-state index contributed by atoms with van der Waals surface area (Å²) in [6.45, 7) is 1.72. The van der Waals surface area contributed by atoms with E-state index in [2.05, 4.69) is 10.6 Å². The third kappa shape index (κ3) is 5.53. The molecule has 8 heteroatoms. The minimum absolute atomic E-state index is 0.00344. The van der Waals surface area contributed by atoms with E-state index in [1.165, 1.54) is 25.3 Å². The van der Waals surface area contributed by atoms with E-state index in [0.29, 0.717) is 17.8 Å². The third-order valence-corrected chi connectivity index (χ3v) is 3.47. The molecule has 27 heavy (non-hydrogen) atoms. The van der Waals surface area contributed by atoms with E-state index in [-0.39, 0.29) is 17.2 Å². The molecule has 0 aromatic heterocycles. The number of benzene rings is 2. The fourth-order valence-electron chi connectivity index (χ4n) is 2.21. The molecule has 0 atom stereocenters. The van der Waals surface area contributed by atoms with Crippen molar-refractivity contribution in [1.82, 2.24) is 5.32 Å². The highest BCUT2D eigenvalue weighted by molar-refractivity contribution is 5.98. The molecule has 0 radical (unpaired) electrons. The average Bonchev–Trinajstić information content (AvgIpc) is 2.66. The number of methoxy groups -OCH3 is 1. The molecule has 0 aliphatic heterocycles. The number of amides is 2. The van der Waals surface area contributed by atoms with Crippen molar-refractivity contribution in [3.8, 4) is 5.75 Å². The highest BCUT2D eigenvalue weighted by atomic mass is 19.1. The normalized spacial score (nSPS) is 10.0. The van der Waals surface area contributed by atoms with Crippen molar-refractivity contribution in [2.75, 3.05) is 25.6 Å². The van der Waals surface area contributed by atoms with E-state index in [1.807, 2.05) is 0 Å². The lowest BCUT2D eigenvalue weighted by Gasteiger charge is -2.09. The van der Waals surface area contributed by atoms with Crippen molar-refractivity contribution in [1.29, 1.82) is 0 Å². The van der Waals surface area contributed by atoms with Gasteiger partial charge in [0.05, 0.1) is 12.7 Å². The molecule has 0 aliphatic rings. The maximum absolute atomic E-state index is 13.6. The maximum Gasteiger partial charge on any atom is 0.338 e. The number of hydrogen-bond donors (Lipinski definition) is 2. The van der Waals surface area contributed by atoms with Crippen LogP contribution in [0.1, 0.15) is 27.6 Å². The Morgan fingerprint density at radius 1 is 1.07 bits per heavy atom. The van der Waals surface area contributed by atoms with E-state index in [4.69, 9.17) is 9.47 Å². The van der Waals surface area contributed by atoms with Crippen LogP contribution in [0.15, 0.2) is 42.5 Å². The molecule has 0 saturated carbocycles. The molecule has 2 N–H and O–H groups in total. The SMILES string of the molecule is CCNC(=O)c1cccc(NC(=O)COC(=O)c2ccc(OC)c(F)c2)c1. The van der Waals surface area contributed by atoms with Crippen LogP contribution < -0.4 is 15.4 Å². The van der Waals surface area contributed by atoms with Crippen LogP contribution in [0, 0.1) is 5.82 Å². The molecule has 0 bridgehead atoms. The van der Waals surface area contributed by atoms with Crippen molar-refractivity contribution < 1.29 is 28.2 Å². The Morgan fingerprint density at radius 2 is 1.85 bits per heavy atom. The Morgan fingerprint density at radius 3 is 2.52 bits per heavy atom. The van der Waals surface area contributed by atoms with Gasteiger partial charge in [0.25, 0.3) is 11.8 Å². The smallest absolute Gasteiger partial charge is 0.338 e. The second-order valence-electron chi connectivity index (χ2n) is 5.41. The minimum Gasteiger partial charge on any atom is -0.494 e. The van der Waals surface area contributed by atoms with Gasteiger partial charge < -0.3 is 20.1 Å². The van der Waals surface area contributed by atoms with Crippen molar-refractivity contribution in [2.45, 2.75) is 6.92 Å². The number of hydrogen-bond acceptors (Lipinski definition) is 5. The van der Waals surface area contributed by atoms with Crippen LogP contribution in [0.25, 0.3) is 0 Å². The second-order valence-corrected chi connectivity index (χ2v) is 5.41. The molecule has 0 spiro atoms. The Hall–Kier alpha value is -3.42. The van der Waals surface area contributed by atoms with E-state index < -0.39 is 24.3 Å². The lowest BCUT2D eigenvalue weighted by Crippen LogP contribution is -2.23. The quantitative estimate of drug-likeness (QED) is 0.726. The maximum atomic E-state index is 13.6. The van der Waals surface area contributed by atoms with E-state index in [0.717, 1.165) is 6.07 Å². The zero-order valence-electron chi connectivity index (χ0n) is 14.9. The molecule has 0 aliphatic carbocycles. The second kappa shape index (κ2) is 9.33. The Kier molecular flexibility index (Phi) is 6.87. The van der Waals surface area contributed by atoms with Gasteiger partial charge in [-0.2, -0.15) is 0 Å². The van der Waals surface area contributed by atoms with Gasteiger partial charge in [-0.25, -0.2) is 9.18 Å². The summed E-state index contributed by atoms with van der Waals surface area (Å²) in [5, 5.41) is 5.18. The molecule has 2 amide bonds. The van der Waals surface area contributed by atoms with Gasteiger partial charge in [-0.1, -0.05) is 6.07 Å². The van der Waals surface area contributed by atoms with E-state index >= 15 is 0 Å². The van der Waals surface area contributed by atoms with Crippen LogP contribution in [-0.4, -0.2) is 38.0 Å². The molecule has 0 saturated heterocycles. The van der Waals surface area contributed by atoms with Gasteiger partial charge in [-0.05, 0) is 43.3 Å². The monoisotopic (exact) mass is 374 g/mol.